The van der Waals surface area contributed by atoms with Crippen molar-refractivity contribution in [2.75, 3.05) is 84.8 Å². The molecular weight excluding hydrogens is 510 g/mol. The van der Waals surface area contributed by atoms with Crippen molar-refractivity contribution < 1.29 is 46.3 Å². The van der Waals surface area contributed by atoms with Gasteiger partial charge in [0.2, 0.25) is 17.7 Å². The SMILES string of the molecule is CCCN(CCC)C(=O)CCC(=O)NCCOCCOCCOCCOCCC(=O)NCCS(=O)(=O)O. The van der Waals surface area contributed by atoms with E-state index in [9.17, 15) is 22.8 Å². The molecule has 3 amide bonds. The van der Waals surface area contributed by atoms with E-state index in [4.69, 9.17) is 23.5 Å². The number of nitrogens with zero attached hydrogens (tertiary/aromatic N) is 1. The topological polar surface area (TPSA) is 170 Å². The second kappa shape index (κ2) is 23.3. The van der Waals surface area contributed by atoms with E-state index < -0.39 is 15.9 Å². The number of hydrogen-bond acceptors (Lipinski definition) is 9. The summed E-state index contributed by atoms with van der Waals surface area (Å²) >= 11 is 0. The van der Waals surface area contributed by atoms with Crippen molar-refractivity contribution >= 4 is 27.8 Å². The molecule has 0 heterocycles. The third-order valence-electron chi connectivity index (χ3n) is 4.75. The maximum atomic E-state index is 12.2. The second-order valence-electron chi connectivity index (χ2n) is 8.07. The molecule has 14 heteroatoms. The Bertz CT molecular complexity index is 716. The first-order chi connectivity index (χ1) is 17.7. The minimum atomic E-state index is -4.08. The molecule has 0 aromatic carbocycles. The summed E-state index contributed by atoms with van der Waals surface area (Å²) in [6.45, 7) is 8.42. The summed E-state index contributed by atoms with van der Waals surface area (Å²) in [4.78, 5) is 37.3. The molecule has 0 aliphatic heterocycles. The molecule has 0 spiro atoms. The van der Waals surface area contributed by atoms with Crippen LogP contribution in [0.3, 0.4) is 0 Å². The van der Waals surface area contributed by atoms with Gasteiger partial charge in [-0.25, -0.2) is 0 Å². The van der Waals surface area contributed by atoms with Crippen LogP contribution in [0.2, 0.25) is 0 Å². The van der Waals surface area contributed by atoms with Crippen LogP contribution in [0.4, 0.5) is 0 Å². The number of amides is 3. The van der Waals surface area contributed by atoms with Crippen LogP contribution in [0.15, 0.2) is 0 Å². The van der Waals surface area contributed by atoms with E-state index >= 15 is 0 Å². The van der Waals surface area contributed by atoms with Gasteiger partial charge in [-0.3, -0.25) is 18.9 Å². The van der Waals surface area contributed by atoms with Crippen molar-refractivity contribution in [3.8, 4) is 0 Å². The highest BCUT2D eigenvalue weighted by atomic mass is 32.2. The largest absolute Gasteiger partial charge is 0.379 e. The van der Waals surface area contributed by atoms with Crippen molar-refractivity contribution in [3.05, 3.63) is 0 Å². The molecule has 0 unspecified atom stereocenters. The Hall–Kier alpha value is -1.84. The van der Waals surface area contributed by atoms with E-state index in [0.29, 0.717) is 52.8 Å². The summed E-state index contributed by atoms with van der Waals surface area (Å²) in [7, 11) is -4.08. The van der Waals surface area contributed by atoms with Crippen LogP contribution in [0.25, 0.3) is 0 Å². The molecule has 0 rings (SSSR count). The number of carbonyl (C=O) groups excluding carboxylic acids is 3. The summed E-state index contributed by atoms with van der Waals surface area (Å²) in [5, 5.41) is 5.10. The normalized spacial score (nSPS) is 11.3. The van der Waals surface area contributed by atoms with Crippen LogP contribution in [0.1, 0.15) is 46.0 Å². The Balaban J connectivity index is 3.44. The van der Waals surface area contributed by atoms with E-state index in [1.165, 1.54) is 0 Å². The number of rotatable bonds is 25. The van der Waals surface area contributed by atoms with E-state index in [1.807, 2.05) is 18.7 Å². The van der Waals surface area contributed by atoms with Gasteiger partial charge in [-0.15, -0.1) is 0 Å². The molecular formula is C23H45N3O10S. The molecule has 0 aliphatic rings. The first-order valence-corrected chi connectivity index (χ1v) is 14.4. The Morgan fingerprint density at radius 2 is 1.14 bits per heavy atom. The first kappa shape index (κ1) is 35.2. The van der Waals surface area contributed by atoms with Gasteiger partial charge in [0.15, 0.2) is 0 Å². The molecule has 0 aromatic rings. The van der Waals surface area contributed by atoms with Gasteiger partial charge in [0.25, 0.3) is 10.1 Å². The molecule has 0 bridgehead atoms. The minimum Gasteiger partial charge on any atom is -0.379 e. The fourth-order valence-electron chi connectivity index (χ4n) is 2.97. The van der Waals surface area contributed by atoms with Crippen LogP contribution in [-0.4, -0.2) is 120 Å². The van der Waals surface area contributed by atoms with Crippen molar-refractivity contribution in [1.29, 1.82) is 0 Å². The molecule has 0 atom stereocenters. The molecule has 218 valence electrons. The molecule has 3 N–H and O–H groups in total. The van der Waals surface area contributed by atoms with Crippen LogP contribution < -0.4 is 10.6 Å². The van der Waals surface area contributed by atoms with Crippen molar-refractivity contribution in [3.63, 3.8) is 0 Å². The molecule has 0 saturated carbocycles. The van der Waals surface area contributed by atoms with E-state index in [0.717, 1.165) is 25.9 Å². The number of hydrogen-bond donors (Lipinski definition) is 3. The van der Waals surface area contributed by atoms with Gasteiger partial charge < -0.3 is 34.5 Å². The van der Waals surface area contributed by atoms with E-state index in [2.05, 4.69) is 10.6 Å². The van der Waals surface area contributed by atoms with Crippen molar-refractivity contribution in [1.82, 2.24) is 15.5 Å². The van der Waals surface area contributed by atoms with Gasteiger partial charge >= 0.3 is 0 Å². The summed E-state index contributed by atoms with van der Waals surface area (Å²) < 4.78 is 51.0. The zero-order valence-corrected chi connectivity index (χ0v) is 23.0. The molecule has 13 nitrogen and oxygen atoms in total. The fraction of sp³-hybridized carbons (Fsp3) is 0.870. The lowest BCUT2D eigenvalue weighted by Crippen LogP contribution is -2.34. The lowest BCUT2D eigenvalue weighted by molar-refractivity contribution is -0.133. The molecule has 0 aliphatic carbocycles. The number of carbonyl (C=O) groups is 3. The van der Waals surface area contributed by atoms with Crippen LogP contribution in [-0.2, 0) is 43.4 Å². The van der Waals surface area contributed by atoms with Crippen molar-refractivity contribution in [2.45, 2.75) is 46.0 Å². The van der Waals surface area contributed by atoms with E-state index in [-0.39, 0.29) is 50.1 Å². The van der Waals surface area contributed by atoms with Crippen LogP contribution in [0, 0.1) is 0 Å². The van der Waals surface area contributed by atoms with Gasteiger partial charge in [0.05, 0.1) is 58.6 Å². The van der Waals surface area contributed by atoms with Crippen molar-refractivity contribution in [2.24, 2.45) is 0 Å². The zero-order valence-electron chi connectivity index (χ0n) is 22.2. The van der Waals surface area contributed by atoms with Crippen LogP contribution >= 0.6 is 0 Å². The fourth-order valence-corrected chi connectivity index (χ4v) is 3.33. The first-order valence-electron chi connectivity index (χ1n) is 12.8. The lowest BCUT2D eigenvalue weighted by Gasteiger charge is -2.21. The highest BCUT2D eigenvalue weighted by Crippen LogP contribution is 2.01. The van der Waals surface area contributed by atoms with Crippen LogP contribution in [0.5, 0.6) is 0 Å². The third-order valence-corrected chi connectivity index (χ3v) is 5.47. The summed E-state index contributed by atoms with van der Waals surface area (Å²) in [5.41, 5.74) is 0. The monoisotopic (exact) mass is 555 g/mol. The van der Waals surface area contributed by atoms with Gasteiger partial charge in [0.1, 0.15) is 0 Å². The Morgan fingerprint density at radius 1 is 0.676 bits per heavy atom. The third kappa shape index (κ3) is 24.3. The maximum absolute atomic E-state index is 12.2. The maximum Gasteiger partial charge on any atom is 0.266 e. The highest BCUT2D eigenvalue weighted by Gasteiger charge is 2.13. The van der Waals surface area contributed by atoms with Gasteiger partial charge in [-0.2, -0.15) is 8.42 Å². The molecule has 0 fully saturated rings. The molecule has 37 heavy (non-hydrogen) atoms. The highest BCUT2D eigenvalue weighted by molar-refractivity contribution is 7.85. The Labute approximate surface area is 220 Å². The zero-order chi connectivity index (χ0) is 27.8. The predicted octanol–water partition coefficient (Wildman–Crippen LogP) is -0.00810. The van der Waals surface area contributed by atoms with E-state index in [1.54, 1.807) is 0 Å². The Kier molecular flexibility index (Phi) is 22.1. The summed E-state index contributed by atoms with van der Waals surface area (Å²) in [6.07, 6.45) is 2.27. The Morgan fingerprint density at radius 3 is 1.65 bits per heavy atom. The summed E-state index contributed by atoms with van der Waals surface area (Å²) in [6, 6.07) is 0. The van der Waals surface area contributed by atoms with Gasteiger partial charge in [0, 0.05) is 45.4 Å². The molecule has 0 aromatic heterocycles. The number of nitrogens with one attached hydrogen (secondary N) is 2. The van der Waals surface area contributed by atoms with Gasteiger partial charge in [-0.1, -0.05) is 13.8 Å². The second-order valence-corrected chi connectivity index (χ2v) is 9.64. The van der Waals surface area contributed by atoms with Gasteiger partial charge in [-0.05, 0) is 12.8 Å². The average molecular weight is 556 g/mol. The smallest absolute Gasteiger partial charge is 0.266 e. The quantitative estimate of drug-likeness (QED) is 0.103. The number of ether oxygens (including phenoxy) is 4. The summed E-state index contributed by atoms with van der Waals surface area (Å²) in [5.74, 6) is -1.04. The minimum absolute atomic E-state index is 0.0155. The predicted molar refractivity (Wildman–Crippen MR) is 137 cm³/mol. The lowest BCUT2D eigenvalue weighted by atomic mass is 10.2. The average Bonchev–Trinajstić information content (AvgIpc) is 2.84. The molecule has 0 radical (unpaired) electrons. The molecule has 0 saturated heterocycles. The standard InChI is InChI=1S/C23H45N3O10S/c1-3-10-26(11-4-2)23(29)6-5-21(27)24-8-13-34-15-17-36-19-18-35-16-14-33-12-7-22(28)25-9-20-37(30,31)32/h3-20H2,1-2H3,(H,24,27)(H,25,28)(H,30,31,32).